The van der Waals surface area contributed by atoms with E-state index in [1.54, 1.807) is 7.11 Å². The first-order valence-corrected chi connectivity index (χ1v) is 12.2. The van der Waals surface area contributed by atoms with Crippen molar-refractivity contribution in [1.82, 2.24) is 9.55 Å². The molecule has 4 aromatic rings. The molecule has 1 aliphatic rings. The lowest BCUT2D eigenvalue weighted by Crippen LogP contribution is -2.24. The summed E-state index contributed by atoms with van der Waals surface area (Å²) in [7, 11) is 1.64. The molecule has 0 saturated carbocycles. The fourth-order valence-electron chi connectivity index (χ4n) is 4.89. The number of amides is 1. The lowest BCUT2D eigenvalue weighted by Gasteiger charge is -2.18. The van der Waals surface area contributed by atoms with Gasteiger partial charge in [0.25, 0.3) is 0 Å². The highest BCUT2D eigenvalue weighted by atomic mass is 16.5. The summed E-state index contributed by atoms with van der Waals surface area (Å²) in [5, 5.41) is 0. The largest absolute Gasteiger partial charge is 0.497 e. The zero-order valence-corrected chi connectivity index (χ0v) is 20.5. The number of hydrogen-bond acceptors (Lipinski definition) is 4. The molecule has 0 spiro atoms. The minimum Gasteiger partial charge on any atom is -0.497 e. The van der Waals surface area contributed by atoms with Gasteiger partial charge >= 0.3 is 0 Å². The molecule has 3 aromatic carbocycles. The Bertz CT molecular complexity index is 1340. The fourth-order valence-corrected chi connectivity index (χ4v) is 4.89. The second-order valence-electron chi connectivity index (χ2n) is 9.26. The summed E-state index contributed by atoms with van der Waals surface area (Å²) in [5.41, 5.74) is 4.07. The average molecular weight is 470 g/mol. The minimum absolute atomic E-state index is 0.00375. The van der Waals surface area contributed by atoms with E-state index in [0.29, 0.717) is 32.0 Å². The molecule has 1 fully saturated rings. The molecular weight excluding hydrogens is 438 g/mol. The molecule has 1 aliphatic heterocycles. The van der Waals surface area contributed by atoms with Crippen LogP contribution >= 0.6 is 0 Å². The molecule has 2 heterocycles. The molecule has 5 rings (SSSR count). The Labute approximate surface area is 206 Å². The first-order chi connectivity index (χ1) is 17.0. The average Bonchev–Trinajstić information content (AvgIpc) is 3.45. The number of hydrogen-bond donors (Lipinski definition) is 0. The van der Waals surface area contributed by atoms with Crippen molar-refractivity contribution < 1.29 is 14.3 Å². The third-order valence-corrected chi connectivity index (χ3v) is 6.65. The SMILES string of the molecule is COc1cccc(N2CC(c3nc4ccccc4n3CCOc3ccccc3C(C)C)CC2=O)c1. The number of benzene rings is 3. The highest BCUT2D eigenvalue weighted by Gasteiger charge is 2.35. The Morgan fingerprint density at radius 3 is 2.66 bits per heavy atom. The van der Waals surface area contributed by atoms with Crippen molar-refractivity contribution in [2.45, 2.75) is 38.6 Å². The summed E-state index contributed by atoms with van der Waals surface area (Å²) in [6, 6.07) is 24.0. The predicted molar refractivity (Wildman–Crippen MR) is 138 cm³/mol. The highest BCUT2D eigenvalue weighted by molar-refractivity contribution is 5.96. The Morgan fingerprint density at radius 1 is 1.03 bits per heavy atom. The van der Waals surface area contributed by atoms with Crippen LogP contribution in [0.25, 0.3) is 11.0 Å². The van der Waals surface area contributed by atoms with Gasteiger partial charge in [-0.25, -0.2) is 4.98 Å². The molecule has 1 amide bonds. The molecule has 1 saturated heterocycles. The smallest absolute Gasteiger partial charge is 0.227 e. The van der Waals surface area contributed by atoms with E-state index in [0.717, 1.165) is 34.0 Å². The first-order valence-electron chi connectivity index (χ1n) is 12.2. The van der Waals surface area contributed by atoms with Gasteiger partial charge in [-0.1, -0.05) is 50.2 Å². The van der Waals surface area contributed by atoms with Gasteiger partial charge in [0.1, 0.15) is 23.9 Å². The normalized spacial score (nSPS) is 15.8. The predicted octanol–water partition coefficient (Wildman–Crippen LogP) is 5.77. The lowest BCUT2D eigenvalue weighted by atomic mass is 10.0. The van der Waals surface area contributed by atoms with E-state index in [9.17, 15) is 4.79 Å². The quantitative estimate of drug-likeness (QED) is 0.329. The summed E-state index contributed by atoms with van der Waals surface area (Å²) < 4.78 is 13.8. The number of ether oxygens (including phenoxy) is 2. The second kappa shape index (κ2) is 9.82. The number of methoxy groups -OCH3 is 1. The van der Waals surface area contributed by atoms with Crippen LogP contribution < -0.4 is 14.4 Å². The molecular formula is C29H31N3O3. The summed E-state index contributed by atoms with van der Waals surface area (Å²) in [6.07, 6.45) is 0.428. The maximum atomic E-state index is 13.0. The monoisotopic (exact) mass is 469 g/mol. The van der Waals surface area contributed by atoms with Crippen LogP contribution in [-0.4, -0.2) is 35.7 Å². The highest BCUT2D eigenvalue weighted by Crippen LogP contribution is 2.34. The number of anilines is 1. The number of para-hydroxylation sites is 3. The van der Waals surface area contributed by atoms with E-state index < -0.39 is 0 Å². The maximum Gasteiger partial charge on any atom is 0.227 e. The Kier molecular flexibility index (Phi) is 6.45. The molecule has 0 radical (unpaired) electrons. The Morgan fingerprint density at radius 2 is 1.83 bits per heavy atom. The van der Waals surface area contributed by atoms with Gasteiger partial charge in [0.05, 0.1) is 24.7 Å². The number of fused-ring (bicyclic) bond motifs is 1. The van der Waals surface area contributed by atoms with Gasteiger partial charge in [-0.05, 0) is 41.8 Å². The van der Waals surface area contributed by atoms with E-state index in [4.69, 9.17) is 14.5 Å². The molecule has 180 valence electrons. The van der Waals surface area contributed by atoms with Crippen LogP contribution in [0.2, 0.25) is 0 Å². The molecule has 1 atom stereocenters. The van der Waals surface area contributed by atoms with E-state index in [-0.39, 0.29) is 11.8 Å². The van der Waals surface area contributed by atoms with Crippen LogP contribution in [0.5, 0.6) is 11.5 Å². The molecule has 0 N–H and O–H groups in total. The maximum absolute atomic E-state index is 13.0. The van der Waals surface area contributed by atoms with E-state index in [1.165, 1.54) is 5.56 Å². The number of nitrogens with zero attached hydrogens (tertiary/aromatic N) is 3. The molecule has 6 nitrogen and oxygen atoms in total. The molecule has 1 unspecified atom stereocenters. The molecule has 0 aliphatic carbocycles. The van der Waals surface area contributed by atoms with Crippen LogP contribution in [-0.2, 0) is 11.3 Å². The first kappa shape index (κ1) is 23.0. The van der Waals surface area contributed by atoms with Crippen molar-refractivity contribution in [2.24, 2.45) is 0 Å². The third kappa shape index (κ3) is 4.61. The van der Waals surface area contributed by atoms with Crippen molar-refractivity contribution in [1.29, 1.82) is 0 Å². The van der Waals surface area contributed by atoms with Gasteiger partial charge in [0, 0.05) is 30.6 Å². The van der Waals surface area contributed by atoms with Gasteiger partial charge in [-0.2, -0.15) is 0 Å². The van der Waals surface area contributed by atoms with Crippen molar-refractivity contribution >= 4 is 22.6 Å². The van der Waals surface area contributed by atoms with E-state index in [1.807, 2.05) is 59.5 Å². The second-order valence-corrected chi connectivity index (χ2v) is 9.26. The molecule has 6 heteroatoms. The lowest BCUT2D eigenvalue weighted by molar-refractivity contribution is -0.117. The van der Waals surface area contributed by atoms with Crippen LogP contribution in [0.4, 0.5) is 5.69 Å². The standard InChI is InChI=1S/C29H31N3O3/c1-20(2)24-11-4-7-14-27(24)35-16-15-31-26-13-6-5-12-25(26)30-29(31)21-17-28(33)32(19-21)22-9-8-10-23(18-22)34-3/h4-14,18,20-21H,15-17,19H2,1-3H3. The van der Waals surface area contributed by atoms with Gasteiger partial charge in [-0.3, -0.25) is 4.79 Å². The molecule has 1 aromatic heterocycles. The summed E-state index contributed by atoms with van der Waals surface area (Å²) >= 11 is 0. The van der Waals surface area contributed by atoms with Gasteiger partial charge in [0.15, 0.2) is 0 Å². The zero-order chi connectivity index (χ0) is 24.4. The topological polar surface area (TPSA) is 56.6 Å². The zero-order valence-electron chi connectivity index (χ0n) is 20.5. The number of imidazole rings is 1. The summed E-state index contributed by atoms with van der Waals surface area (Å²) in [5.74, 6) is 3.10. The Balaban J connectivity index is 1.40. The van der Waals surface area contributed by atoms with Gasteiger partial charge < -0.3 is 18.9 Å². The van der Waals surface area contributed by atoms with E-state index >= 15 is 0 Å². The minimum atomic E-state index is 0.00375. The van der Waals surface area contributed by atoms with Crippen molar-refractivity contribution in [3.63, 3.8) is 0 Å². The number of carbonyl (C=O) groups excluding carboxylic acids is 1. The summed E-state index contributed by atoms with van der Waals surface area (Å²) in [6.45, 7) is 6.12. The molecule has 0 bridgehead atoms. The Hall–Kier alpha value is -3.80. The molecule has 35 heavy (non-hydrogen) atoms. The third-order valence-electron chi connectivity index (χ3n) is 6.65. The van der Waals surface area contributed by atoms with Crippen LogP contribution in [0, 0.1) is 0 Å². The summed E-state index contributed by atoms with van der Waals surface area (Å²) in [4.78, 5) is 19.8. The van der Waals surface area contributed by atoms with Crippen molar-refractivity contribution in [2.75, 3.05) is 25.2 Å². The number of rotatable bonds is 8. The van der Waals surface area contributed by atoms with Crippen LogP contribution in [0.15, 0.2) is 72.8 Å². The van der Waals surface area contributed by atoms with Crippen molar-refractivity contribution in [3.05, 3.63) is 84.2 Å². The van der Waals surface area contributed by atoms with Gasteiger partial charge in [0.2, 0.25) is 5.91 Å². The van der Waals surface area contributed by atoms with Gasteiger partial charge in [-0.15, -0.1) is 0 Å². The number of carbonyl (C=O) groups is 1. The fraction of sp³-hybridized carbons (Fsp3) is 0.310. The van der Waals surface area contributed by atoms with E-state index in [2.05, 4.69) is 36.6 Å². The van der Waals surface area contributed by atoms with Crippen LogP contribution in [0.3, 0.4) is 0 Å². The van der Waals surface area contributed by atoms with Crippen molar-refractivity contribution in [3.8, 4) is 11.5 Å². The number of aromatic nitrogens is 2. The van der Waals surface area contributed by atoms with Crippen LogP contribution in [0.1, 0.15) is 43.5 Å².